The highest BCUT2D eigenvalue weighted by Crippen LogP contribution is 2.46. The molecule has 0 radical (unpaired) electrons. The number of anilines is 2. The molecule has 0 aliphatic carbocycles. The number of halogens is 2. The Morgan fingerprint density at radius 2 is 1.84 bits per heavy atom. The molecule has 1 aromatic heterocycles. The van der Waals surface area contributed by atoms with Crippen LogP contribution in [0.1, 0.15) is 31.7 Å². The third-order valence-corrected chi connectivity index (χ3v) is 10.7. The number of rotatable bonds is 13. The van der Waals surface area contributed by atoms with Crippen LogP contribution in [0.4, 0.5) is 11.4 Å². The number of aryl methyl sites for hydroxylation is 1. The summed E-state index contributed by atoms with van der Waals surface area (Å²) in [6.45, 7) is 5.66. The third-order valence-electron chi connectivity index (χ3n) is 7.33. The lowest BCUT2D eigenvalue weighted by Gasteiger charge is -2.25. The normalized spacial score (nSPS) is 15.4. The van der Waals surface area contributed by atoms with Gasteiger partial charge in [-0.05, 0) is 49.1 Å². The average molecular weight is 696 g/mol. The Morgan fingerprint density at radius 3 is 2.55 bits per heavy atom. The fourth-order valence-corrected chi connectivity index (χ4v) is 7.66. The molecule has 4 aromatic rings. The lowest BCUT2D eigenvalue weighted by atomic mass is 10.1. The monoisotopic (exact) mass is 694 g/mol. The van der Waals surface area contributed by atoms with Crippen molar-refractivity contribution in [2.24, 2.45) is 0 Å². The molecule has 1 atom stereocenters. The second kappa shape index (κ2) is 14.4. The molecular weight excluding hydrogens is 665 g/mol. The highest BCUT2D eigenvalue weighted by Gasteiger charge is 2.31. The lowest BCUT2D eigenvalue weighted by Crippen LogP contribution is -2.36. The largest absolute Gasteiger partial charge is 0.748 e. The number of nitrogens with zero attached hydrogens (tertiary/aromatic N) is 3. The molecule has 0 fully saturated rings. The molecule has 0 saturated heterocycles. The first-order chi connectivity index (χ1) is 21.1. The van der Waals surface area contributed by atoms with Crippen LogP contribution in [-0.4, -0.2) is 37.1 Å². The van der Waals surface area contributed by atoms with Gasteiger partial charge < -0.3 is 19.6 Å². The van der Waals surface area contributed by atoms with Gasteiger partial charge in [0.15, 0.2) is 6.54 Å². The fourth-order valence-electron chi connectivity index (χ4n) is 5.38. The van der Waals surface area contributed by atoms with Gasteiger partial charge in [0.1, 0.15) is 10.5 Å². The summed E-state index contributed by atoms with van der Waals surface area (Å²) in [5.74, 6) is 0.493. The van der Waals surface area contributed by atoms with Crippen molar-refractivity contribution in [1.82, 2.24) is 0 Å². The van der Waals surface area contributed by atoms with Crippen LogP contribution in [-0.2, 0) is 26.0 Å². The Kier molecular flexibility index (Phi) is 10.8. The van der Waals surface area contributed by atoms with Gasteiger partial charge in [0.2, 0.25) is 5.52 Å². The molecule has 0 N–H and O–H groups in total. The molecule has 44 heavy (non-hydrogen) atoms. The first kappa shape index (κ1) is 33.0. The first-order valence-corrected chi connectivity index (χ1v) is 17.9. The van der Waals surface area contributed by atoms with E-state index in [-0.39, 0.29) is 11.7 Å². The quantitative estimate of drug-likeness (QED) is 0.0514. The van der Waals surface area contributed by atoms with Crippen LogP contribution in [0.2, 0.25) is 10.0 Å². The average Bonchev–Trinajstić information content (AvgIpc) is 3.48. The summed E-state index contributed by atoms with van der Waals surface area (Å²) in [7, 11) is -4.33. The van der Waals surface area contributed by atoms with Gasteiger partial charge in [0.25, 0.3) is 5.01 Å². The summed E-state index contributed by atoms with van der Waals surface area (Å²) in [4.78, 5) is 4.31. The van der Waals surface area contributed by atoms with E-state index >= 15 is 0 Å². The molecule has 2 heterocycles. The molecule has 1 unspecified atom stereocenters. The molecule has 5 rings (SSSR count). The molecular formula is C30H30Cl2N3O6S3-. The van der Waals surface area contributed by atoms with E-state index in [0.29, 0.717) is 36.1 Å². The predicted octanol–water partition coefficient (Wildman–Crippen LogP) is 6.44. The van der Waals surface area contributed by atoms with Gasteiger partial charge >= 0.3 is 0 Å². The highest BCUT2D eigenvalue weighted by atomic mass is 35.5. The number of hydrogen-bond donors (Lipinski definition) is 0. The fraction of sp³-hybridized carbons (Fsp3) is 0.300. The Hall–Kier alpha value is -2.39. The molecule has 0 spiro atoms. The molecule has 234 valence electrons. The Labute approximate surface area is 274 Å². The second-order valence-electron chi connectivity index (χ2n) is 10.2. The van der Waals surface area contributed by atoms with Crippen LogP contribution in [0, 0.1) is 0 Å². The van der Waals surface area contributed by atoms with E-state index in [1.807, 2.05) is 55.5 Å². The number of hydrogen-bond acceptors (Lipinski definition) is 10. The minimum atomic E-state index is -4.33. The van der Waals surface area contributed by atoms with E-state index < -0.39 is 15.9 Å². The summed E-state index contributed by atoms with van der Waals surface area (Å²) in [6.07, 6.45) is 6.89. The smallest absolute Gasteiger partial charge is 0.262 e. The molecule has 0 bridgehead atoms. The summed E-state index contributed by atoms with van der Waals surface area (Å²) < 4.78 is 41.8. The van der Waals surface area contributed by atoms with E-state index in [9.17, 15) is 18.2 Å². The summed E-state index contributed by atoms with van der Waals surface area (Å²) >= 11 is 15.4. The van der Waals surface area contributed by atoms with E-state index in [0.717, 1.165) is 55.2 Å². The maximum absolute atomic E-state index is 11.4. The first-order valence-electron chi connectivity index (χ1n) is 13.9. The molecule has 0 saturated carbocycles. The summed E-state index contributed by atoms with van der Waals surface area (Å²) in [5.41, 5.74) is 2.86. The third kappa shape index (κ3) is 7.35. The van der Waals surface area contributed by atoms with Crippen LogP contribution < -0.4 is 19.6 Å². The Bertz CT molecular complexity index is 1830. The van der Waals surface area contributed by atoms with Crippen molar-refractivity contribution in [2.45, 2.75) is 38.5 Å². The van der Waals surface area contributed by atoms with Gasteiger partial charge in [-0.1, -0.05) is 71.8 Å². The van der Waals surface area contributed by atoms with Crippen LogP contribution in [0.5, 0.6) is 0 Å². The number of allylic oxidation sites excluding steroid dienone is 2. The molecule has 3 aromatic carbocycles. The number of benzene rings is 3. The van der Waals surface area contributed by atoms with Crippen molar-refractivity contribution in [2.75, 3.05) is 28.6 Å². The van der Waals surface area contributed by atoms with Gasteiger partial charge in [0, 0.05) is 48.6 Å². The number of fused-ring (bicyclic) bond motifs is 4. The minimum Gasteiger partial charge on any atom is -0.748 e. The Morgan fingerprint density at radius 1 is 1.11 bits per heavy atom. The minimum absolute atomic E-state index is 0.0205. The second-order valence-corrected chi connectivity index (χ2v) is 14.7. The van der Waals surface area contributed by atoms with Gasteiger partial charge in [-0.25, -0.2) is 8.42 Å². The number of aromatic nitrogens is 1. The molecule has 0 amide bonds. The SMILES string of the molecule is CCN1/C(=C\C=C\c2sc3ccc4ccccc4c3[n+]2CCCS(=O)(=O)[O-])N(CCC(C)SOO[O-])c2cc(Cl)c(Cl)cc21. The topological polar surface area (TPSA) is 109 Å². The zero-order chi connectivity index (χ0) is 31.4. The maximum Gasteiger partial charge on any atom is 0.262 e. The standard InChI is InChI=1S/C30H31Cl2N3O6S3/c1-3-33-25-18-23(31)24(32)19-26(25)34(16-14-20(2)43-41-40-36)28(33)10-6-11-29-35(15-7-17-44(37,38)39)30-22-9-5-4-8-21(22)12-13-27(30)42-29/h4-6,8-13,18-20H,3,7,14-17H2,1-2H3,(H-,36,37,38,39)/p-1. The molecule has 1 aliphatic heterocycles. The van der Waals surface area contributed by atoms with Crippen LogP contribution >= 0.6 is 46.6 Å². The maximum atomic E-state index is 11.4. The van der Waals surface area contributed by atoms with Crippen molar-refractivity contribution >= 4 is 95.1 Å². The van der Waals surface area contributed by atoms with E-state index in [2.05, 4.69) is 48.9 Å². The lowest BCUT2D eigenvalue weighted by molar-refractivity contribution is -0.777. The van der Waals surface area contributed by atoms with Crippen molar-refractivity contribution in [3.05, 3.63) is 81.6 Å². The van der Waals surface area contributed by atoms with E-state index in [1.54, 1.807) is 11.3 Å². The van der Waals surface area contributed by atoms with Crippen LogP contribution in [0.15, 0.2) is 66.5 Å². The van der Waals surface area contributed by atoms with Gasteiger partial charge in [-0.15, -0.1) is 0 Å². The van der Waals surface area contributed by atoms with Crippen LogP contribution in [0.3, 0.4) is 0 Å². The zero-order valence-electron chi connectivity index (χ0n) is 23.9. The summed E-state index contributed by atoms with van der Waals surface area (Å²) in [5, 5.41) is 17.8. The van der Waals surface area contributed by atoms with E-state index in [1.165, 1.54) is 0 Å². The highest BCUT2D eigenvalue weighted by molar-refractivity contribution is 7.95. The van der Waals surface area contributed by atoms with Crippen molar-refractivity contribution in [3.8, 4) is 0 Å². The molecule has 14 heteroatoms. The van der Waals surface area contributed by atoms with Gasteiger partial charge in [0.05, 0.1) is 36.9 Å². The zero-order valence-corrected chi connectivity index (χ0v) is 27.9. The predicted molar refractivity (Wildman–Crippen MR) is 176 cm³/mol. The van der Waals surface area contributed by atoms with Crippen molar-refractivity contribution in [3.63, 3.8) is 0 Å². The van der Waals surface area contributed by atoms with Gasteiger partial charge in [-0.3, -0.25) is 5.04 Å². The van der Waals surface area contributed by atoms with Crippen molar-refractivity contribution in [1.29, 1.82) is 0 Å². The summed E-state index contributed by atoms with van der Waals surface area (Å²) in [6, 6.07) is 15.9. The number of thiazole rings is 1. The molecule has 1 aliphatic rings. The van der Waals surface area contributed by atoms with E-state index in [4.69, 9.17) is 23.2 Å². The Balaban J connectivity index is 1.53. The molecule has 9 nitrogen and oxygen atoms in total. The van der Waals surface area contributed by atoms with Crippen LogP contribution in [0.25, 0.3) is 27.1 Å². The van der Waals surface area contributed by atoms with Crippen molar-refractivity contribution < 1.29 is 32.2 Å². The van der Waals surface area contributed by atoms with Gasteiger partial charge in [-0.2, -0.15) is 8.90 Å².